The molecule has 0 aliphatic heterocycles. The highest BCUT2D eigenvalue weighted by Crippen LogP contribution is 2.18. The molecule has 0 saturated carbocycles. The molecule has 0 saturated heterocycles. The first-order valence-corrected chi connectivity index (χ1v) is 9.60. The molecule has 156 valence electrons. The smallest absolute Gasteiger partial charge is 0.322 e. The second kappa shape index (κ2) is 9.98. The molecule has 3 aromatic carbocycles. The third-order valence-corrected chi connectivity index (χ3v) is 4.36. The van der Waals surface area contributed by atoms with Crippen LogP contribution in [0.1, 0.15) is 27.0 Å². The number of hydrogen-bond acceptors (Lipinski definition) is 4. The summed E-state index contributed by atoms with van der Waals surface area (Å²) >= 11 is 0. The summed E-state index contributed by atoms with van der Waals surface area (Å²) in [7, 11) is 0. The van der Waals surface area contributed by atoms with Gasteiger partial charge in [0.2, 0.25) is 0 Å². The molecular formula is C24H22N4O3. The minimum absolute atomic E-state index is 0.218. The molecule has 7 nitrogen and oxygen atoms in total. The standard InChI is InChI=1S/C24H22N4O3/c1-16-10-12-18(13-11-16)15-25-28-24(31)23(30)27-21-9-4-3-8-20(21)22(29)26-19-7-5-6-17(2)14-19/h3-15H,1-2H3,(H,26,29)(H,27,30)(H,28,31). The van der Waals surface area contributed by atoms with Gasteiger partial charge in [-0.05, 0) is 49.2 Å². The average Bonchev–Trinajstić information content (AvgIpc) is 2.75. The lowest BCUT2D eigenvalue weighted by atomic mass is 10.1. The molecule has 0 bridgehead atoms. The van der Waals surface area contributed by atoms with Gasteiger partial charge in [-0.25, -0.2) is 5.43 Å². The highest BCUT2D eigenvalue weighted by atomic mass is 16.2. The number of hydrogen-bond donors (Lipinski definition) is 3. The van der Waals surface area contributed by atoms with Gasteiger partial charge in [-0.15, -0.1) is 0 Å². The highest BCUT2D eigenvalue weighted by molar-refractivity contribution is 6.40. The number of carbonyl (C=O) groups excluding carboxylic acids is 3. The Morgan fingerprint density at radius 2 is 1.52 bits per heavy atom. The summed E-state index contributed by atoms with van der Waals surface area (Å²) in [6.45, 7) is 3.88. The van der Waals surface area contributed by atoms with E-state index >= 15 is 0 Å². The van der Waals surface area contributed by atoms with Crippen molar-refractivity contribution >= 4 is 35.3 Å². The molecule has 0 atom stereocenters. The van der Waals surface area contributed by atoms with Crippen LogP contribution in [0.2, 0.25) is 0 Å². The van der Waals surface area contributed by atoms with Crippen LogP contribution < -0.4 is 16.1 Å². The van der Waals surface area contributed by atoms with Gasteiger partial charge in [0, 0.05) is 5.69 Å². The largest absolute Gasteiger partial charge is 0.329 e. The van der Waals surface area contributed by atoms with E-state index in [1.807, 2.05) is 56.3 Å². The Kier molecular flexibility index (Phi) is 6.90. The second-order valence-corrected chi connectivity index (χ2v) is 6.93. The van der Waals surface area contributed by atoms with Crippen molar-refractivity contribution in [2.45, 2.75) is 13.8 Å². The van der Waals surface area contributed by atoms with Crippen molar-refractivity contribution in [3.63, 3.8) is 0 Å². The van der Waals surface area contributed by atoms with E-state index in [0.717, 1.165) is 16.7 Å². The fourth-order valence-electron chi connectivity index (χ4n) is 2.76. The Balaban J connectivity index is 1.63. The fraction of sp³-hybridized carbons (Fsp3) is 0.0833. The number of amides is 3. The highest BCUT2D eigenvalue weighted by Gasteiger charge is 2.17. The Morgan fingerprint density at radius 1 is 0.774 bits per heavy atom. The Hall–Kier alpha value is -4.26. The van der Waals surface area contributed by atoms with Crippen molar-refractivity contribution in [1.82, 2.24) is 5.43 Å². The monoisotopic (exact) mass is 414 g/mol. The molecule has 0 spiro atoms. The zero-order valence-corrected chi connectivity index (χ0v) is 17.2. The van der Waals surface area contributed by atoms with Gasteiger partial charge in [0.05, 0.1) is 17.5 Å². The maximum absolute atomic E-state index is 12.7. The molecule has 0 fully saturated rings. The maximum atomic E-state index is 12.7. The van der Waals surface area contributed by atoms with Crippen molar-refractivity contribution in [2.24, 2.45) is 5.10 Å². The van der Waals surface area contributed by atoms with E-state index in [9.17, 15) is 14.4 Å². The van der Waals surface area contributed by atoms with Gasteiger partial charge in [0.15, 0.2) is 0 Å². The van der Waals surface area contributed by atoms with Gasteiger partial charge in [0.25, 0.3) is 5.91 Å². The van der Waals surface area contributed by atoms with Crippen LogP contribution in [0.25, 0.3) is 0 Å². The fourth-order valence-corrected chi connectivity index (χ4v) is 2.76. The predicted octanol–water partition coefficient (Wildman–Crippen LogP) is 3.64. The van der Waals surface area contributed by atoms with E-state index in [-0.39, 0.29) is 11.3 Å². The van der Waals surface area contributed by atoms with Crippen molar-refractivity contribution in [3.8, 4) is 0 Å². The Bertz CT molecular complexity index is 1140. The quantitative estimate of drug-likeness (QED) is 0.338. The Morgan fingerprint density at radius 3 is 2.26 bits per heavy atom. The Labute approximate surface area is 180 Å². The SMILES string of the molecule is Cc1ccc(C=NNC(=O)C(=O)Nc2ccccc2C(=O)Nc2cccc(C)c2)cc1. The minimum Gasteiger partial charge on any atom is -0.322 e. The van der Waals surface area contributed by atoms with Crippen LogP contribution in [0.15, 0.2) is 77.9 Å². The van der Waals surface area contributed by atoms with Gasteiger partial charge >= 0.3 is 11.8 Å². The first-order valence-electron chi connectivity index (χ1n) is 9.60. The number of rotatable bonds is 5. The predicted molar refractivity (Wildman–Crippen MR) is 121 cm³/mol. The molecule has 0 aliphatic rings. The zero-order chi connectivity index (χ0) is 22.2. The van der Waals surface area contributed by atoms with Gasteiger partial charge in [0.1, 0.15) is 0 Å². The third-order valence-electron chi connectivity index (χ3n) is 4.36. The van der Waals surface area contributed by atoms with Crippen LogP contribution in [-0.2, 0) is 9.59 Å². The number of para-hydroxylation sites is 1. The van der Waals surface area contributed by atoms with E-state index < -0.39 is 17.7 Å². The lowest BCUT2D eigenvalue weighted by molar-refractivity contribution is -0.136. The third kappa shape index (κ3) is 6.11. The van der Waals surface area contributed by atoms with Crippen LogP contribution in [0.3, 0.4) is 0 Å². The van der Waals surface area contributed by atoms with E-state index in [0.29, 0.717) is 5.69 Å². The number of nitrogens with zero attached hydrogens (tertiary/aromatic N) is 1. The summed E-state index contributed by atoms with van der Waals surface area (Å²) < 4.78 is 0. The van der Waals surface area contributed by atoms with Crippen LogP contribution in [-0.4, -0.2) is 23.9 Å². The lowest BCUT2D eigenvalue weighted by Crippen LogP contribution is -2.33. The molecule has 3 rings (SSSR count). The average molecular weight is 414 g/mol. The van der Waals surface area contributed by atoms with Crippen molar-refractivity contribution in [1.29, 1.82) is 0 Å². The molecule has 31 heavy (non-hydrogen) atoms. The molecule has 0 heterocycles. The molecule has 3 aromatic rings. The van der Waals surface area contributed by atoms with Gasteiger partial charge < -0.3 is 10.6 Å². The molecule has 3 N–H and O–H groups in total. The van der Waals surface area contributed by atoms with Crippen molar-refractivity contribution in [3.05, 3.63) is 95.1 Å². The zero-order valence-electron chi connectivity index (χ0n) is 17.2. The van der Waals surface area contributed by atoms with Crippen LogP contribution in [0.5, 0.6) is 0 Å². The first-order chi connectivity index (χ1) is 14.9. The molecule has 7 heteroatoms. The maximum Gasteiger partial charge on any atom is 0.329 e. The van der Waals surface area contributed by atoms with E-state index in [4.69, 9.17) is 0 Å². The minimum atomic E-state index is -0.947. The molecule has 0 radical (unpaired) electrons. The summed E-state index contributed by atoms with van der Waals surface area (Å²) in [5.41, 5.74) is 6.15. The van der Waals surface area contributed by atoms with Gasteiger partial charge in [-0.1, -0.05) is 54.1 Å². The van der Waals surface area contributed by atoms with Crippen LogP contribution >= 0.6 is 0 Å². The second-order valence-electron chi connectivity index (χ2n) is 6.93. The topological polar surface area (TPSA) is 99.7 Å². The summed E-state index contributed by atoms with van der Waals surface area (Å²) in [5.74, 6) is -2.28. The number of benzene rings is 3. The van der Waals surface area contributed by atoms with E-state index in [1.165, 1.54) is 6.21 Å². The number of nitrogens with one attached hydrogen (secondary N) is 3. The summed E-state index contributed by atoms with van der Waals surface area (Å²) in [6, 6.07) is 21.3. The number of aryl methyl sites for hydroxylation is 2. The molecule has 0 unspecified atom stereocenters. The molecule has 3 amide bonds. The van der Waals surface area contributed by atoms with Crippen LogP contribution in [0, 0.1) is 13.8 Å². The van der Waals surface area contributed by atoms with Crippen molar-refractivity contribution in [2.75, 3.05) is 10.6 Å². The molecular weight excluding hydrogens is 392 g/mol. The number of carbonyl (C=O) groups is 3. The number of anilines is 2. The normalized spacial score (nSPS) is 10.5. The van der Waals surface area contributed by atoms with E-state index in [2.05, 4.69) is 21.2 Å². The summed E-state index contributed by atoms with van der Waals surface area (Å²) in [6.07, 6.45) is 1.44. The summed E-state index contributed by atoms with van der Waals surface area (Å²) in [5, 5.41) is 9.03. The van der Waals surface area contributed by atoms with Crippen LogP contribution in [0.4, 0.5) is 11.4 Å². The summed E-state index contributed by atoms with van der Waals surface area (Å²) in [4.78, 5) is 37.0. The molecule has 0 aliphatic carbocycles. The lowest BCUT2D eigenvalue weighted by Gasteiger charge is -2.11. The molecule has 0 aromatic heterocycles. The van der Waals surface area contributed by atoms with E-state index in [1.54, 1.807) is 30.3 Å². The first kappa shape index (κ1) is 21.4. The number of hydrazone groups is 1. The van der Waals surface area contributed by atoms with Gasteiger partial charge in [-0.3, -0.25) is 14.4 Å². The van der Waals surface area contributed by atoms with Crippen molar-refractivity contribution < 1.29 is 14.4 Å². The van der Waals surface area contributed by atoms with Gasteiger partial charge in [-0.2, -0.15) is 5.10 Å².